The second kappa shape index (κ2) is 6.73. The highest BCUT2D eigenvalue weighted by molar-refractivity contribution is 5.74. The van der Waals surface area contributed by atoms with Gasteiger partial charge in [-0.3, -0.25) is 9.69 Å². The summed E-state index contributed by atoms with van der Waals surface area (Å²) < 4.78 is 14.5. The summed E-state index contributed by atoms with van der Waals surface area (Å²) in [5, 5.41) is 9.57. The van der Waals surface area contributed by atoms with Crippen LogP contribution in [0, 0.1) is 19.7 Å². The van der Waals surface area contributed by atoms with Gasteiger partial charge in [-0.05, 0) is 38.3 Å². The third kappa shape index (κ3) is 3.20. The number of aliphatic carboxylic acids is 1. The lowest BCUT2D eigenvalue weighted by Crippen LogP contribution is -2.39. The van der Waals surface area contributed by atoms with E-state index in [2.05, 4.69) is 6.07 Å². The van der Waals surface area contributed by atoms with Crippen molar-refractivity contribution in [2.45, 2.75) is 38.8 Å². The second-order valence-electron chi connectivity index (χ2n) is 6.58. The van der Waals surface area contributed by atoms with Crippen LogP contribution >= 0.6 is 0 Å². The van der Waals surface area contributed by atoms with Crippen LogP contribution in [0.1, 0.15) is 41.1 Å². The van der Waals surface area contributed by atoms with Gasteiger partial charge in [0.05, 0.1) is 6.04 Å². The van der Waals surface area contributed by atoms with Gasteiger partial charge in [-0.25, -0.2) is 4.39 Å². The highest BCUT2D eigenvalue weighted by atomic mass is 19.1. The highest BCUT2D eigenvalue weighted by Gasteiger charge is 2.37. The number of likely N-dealkylation sites (tertiary alicyclic amines) is 1. The fourth-order valence-corrected chi connectivity index (χ4v) is 3.78. The van der Waals surface area contributed by atoms with E-state index in [1.54, 1.807) is 18.2 Å². The van der Waals surface area contributed by atoms with Crippen LogP contribution in [-0.2, 0) is 4.79 Å². The lowest BCUT2D eigenvalue weighted by atomic mass is 9.93. The number of carbonyl (C=O) groups is 1. The molecule has 0 spiro atoms. The largest absolute Gasteiger partial charge is 0.480 e. The summed E-state index contributed by atoms with van der Waals surface area (Å²) in [7, 11) is 0. The molecule has 1 fully saturated rings. The molecule has 0 aromatic heterocycles. The van der Waals surface area contributed by atoms with E-state index in [1.807, 2.05) is 30.9 Å². The van der Waals surface area contributed by atoms with Crippen molar-refractivity contribution < 1.29 is 14.3 Å². The van der Waals surface area contributed by atoms with Crippen LogP contribution in [0.15, 0.2) is 42.5 Å². The van der Waals surface area contributed by atoms with Crippen LogP contribution in [0.25, 0.3) is 0 Å². The molecule has 1 aliphatic rings. The zero-order valence-corrected chi connectivity index (χ0v) is 14.0. The maximum Gasteiger partial charge on any atom is 0.320 e. The maximum atomic E-state index is 14.5. The van der Waals surface area contributed by atoms with Crippen LogP contribution < -0.4 is 0 Å². The van der Waals surface area contributed by atoms with Gasteiger partial charge in [0.25, 0.3) is 0 Å². The van der Waals surface area contributed by atoms with E-state index in [0.717, 1.165) is 23.1 Å². The van der Waals surface area contributed by atoms with Gasteiger partial charge in [-0.2, -0.15) is 0 Å². The number of carboxylic acid groups (broad SMARTS) is 1. The van der Waals surface area contributed by atoms with Crippen LogP contribution in [0.4, 0.5) is 4.39 Å². The first-order valence-corrected chi connectivity index (χ1v) is 8.28. The monoisotopic (exact) mass is 327 g/mol. The molecule has 2 atom stereocenters. The molecular formula is C20H22FNO2. The number of halogens is 1. The Labute approximate surface area is 141 Å². The molecule has 1 N–H and O–H groups in total. The third-order valence-corrected chi connectivity index (χ3v) is 4.67. The Morgan fingerprint density at radius 2 is 1.88 bits per heavy atom. The van der Waals surface area contributed by atoms with Gasteiger partial charge in [-0.15, -0.1) is 0 Å². The molecule has 0 aliphatic carbocycles. The number of aryl methyl sites for hydroxylation is 2. The van der Waals surface area contributed by atoms with Gasteiger partial charge in [-0.1, -0.05) is 47.5 Å². The summed E-state index contributed by atoms with van der Waals surface area (Å²) in [4.78, 5) is 13.6. The summed E-state index contributed by atoms with van der Waals surface area (Å²) in [6, 6.07) is 11.8. The molecule has 0 amide bonds. The average molecular weight is 327 g/mol. The number of hydrogen-bond donors (Lipinski definition) is 1. The summed E-state index contributed by atoms with van der Waals surface area (Å²) in [6.07, 6.45) is 1.41. The van der Waals surface area contributed by atoms with Crippen molar-refractivity contribution in [1.82, 2.24) is 4.90 Å². The average Bonchev–Trinajstić information content (AvgIpc) is 2.98. The Kier molecular flexibility index (Phi) is 4.67. The lowest BCUT2D eigenvalue weighted by molar-refractivity contribution is -0.142. The van der Waals surface area contributed by atoms with Crippen molar-refractivity contribution in [2.75, 3.05) is 6.54 Å². The normalized spacial score (nSPS) is 19.4. The smallest absolute Gasteiger partial charge is 0.320 e. The Morgan fingerprint density at radius 3 is 2.50 bits per heavy atom. The van der Waals surface area contributed by atoms with E-state index >= 15 is 0 Å². The SMILES string of the molecule is Cc1cc(C)cc(C(c2ccccc2F)N2CCCC2C(=O)O)c1. The van der Waals surface area contributed by atoms with Gasteiger partial charge in [0.15, 0.2) is 0 Å². The summed E-state index contributed by atoms with van der Waals surface area (Å²) in [5.41, 5.74) is 3.68. The van der Waals surface area contributed by atoms with E-state index in [1.165, 1.54) is 6.07 Å². The van der Waals surface area contributed by atoms with Crippen LogP contribution in [0.2, 0.25) is 0 Å². The summed E-state index contributed by atoms with van der Waals surface area (Å²) >= 11 is 0. The molecule has 2 aromatic carbocycles. The molecule has 4 heteroatoms. The molecule has 0 bridgehead atoms. The first-order valence-electron chi connectivity index (χ1n) is 8.28. The number of benzene rings is 2. The van der Waals surface area contributed by atoms with E-state index in [0.29, 0.717) is 18.5 Å². The van der Waals surface area contributed by atoms with Crippen molar-refractivity contribution in [3.05, 3.63) is 70.5 Å². The summed E-state index contributed by atoms with van der Waals surface area (Å²) in [6.45, 7) is 4.67. The van der Waals surface area contributed by atoms with Crippen LogP contribution in [0.5, 0.6) is 0 Å². The molecule has 0 saturated carbocycles. The standard InChI is InChI=1S/C20H22FNO2/c1-13-10-14(2)12-15(11-13)19(16-6-3-4-7-17(16)21)22-9-5-8-18(22)20(23)24/h3-4,6-7,10-12,18-19H,5,8-9H2,1-2H3,(H,23,24). The number of rotatable bonds is 4. The zero-order valence-electron chi connectivity index (χ0n) is 14.0. The molecule has 1 aliphatic heterocycles. The van der Waals surface area contributed by atoms with Crippen LogP contribution in [-0.4, -0.2) is 28.6 Å². The molecule has 2 aromatic rings. The molecule has 126 valence electrons. The van der Waals surface area contributed by atoms with Crippen molar-refractivity contribution in [2.24, 2.45) is 0 Å². The predicted octanol–water partition coefficient (Wildman–Crippen LogP) is 4.08. The Bertz CT molecular complexity index is 739. The molecule has 0 radical (unpaired) electrons. The van der Waals surface area contributed by atoms with Gasteiger partial charge >= 0.3 is 5.97 Å². The number of nitrogens with zero attached hydrogens (tertiary/aromatic N) is 1. The van der Waals surface area contributed by atoms with Crippen molar-refractivity contribution >= 4 is 5.97 Å². The predicted molar refractivity (Wildman–Crippen MR) is 91.5 cm³/mol. The van der Waals surface area contributed by atoms with E-state index in [4.69, 9.17) is 0 Å². The number of hydrogen-bond acceptors (Lipinski definition) is 2. The first kappa shape index (κ1) is 16.7. The lowest BCUT2D eigenvalue weighted by Gasteiger charge is -2.32. The first-order chi connectivity index (χ1) is 11.5. The maximum absolute atomic E-state index is 14.5. The Balaban J connectivity index is 2.14. The van der Waals surface area contributed by atoms with Gasteiger partial charge in [0, 0.05) is 12.1 Å². The molecule has 1 saturated heterocycles. The Morgan fingerprint density at radius 1 is 1.21 bits per heavy atom. The van der Waals surface area contributed by atoms with Crippen molar-refractivity contribution in [1.29, 1.82) is 0 Å². The van der Waals surface area contributed by atoms with Gasteiger partial charge < -0.3 is 5.11 Å². The zero-order chi connectivity index (χ0) is 17.3. The van der Waals surface area contributed by atoms with Gasteiger partial charge in [0.1, 0.15) is 11.9 Å². The molecule has 3 nitrogen and oxygen atoms in total. The quantitative estimate of drug-likeness (QED) is 0.920. The minimum absolute atomic E-state index is 0.294. The molecular weight excluding hydrogens is 305 g/mol. The van der Waals surface area contributed by atoms with E-state index in [-0.39, 0.29) is 11.9 Å². The summed E-state index contributed by atoms with van der Waals surface area (Å²) in [5.74, 6) is -1.13. The van der Waals surface area contributed by atoms with Gasteiger partial charge in [0.2, 0.25) is 0 Å². The topological polar surface area (TPSA) is 40.5 Å². The molecule has 24 heavy (non-hydrogen) atoms. The van der Waals surface area contributed by atoms with Crippen molar-refractivity contribution in [3.63, 3.8) is 0 Å². The third-order valence-electron chi connectivity index (χ3n) is 4.67. The Hall–Kier alpha value is -2.20. The van der Waals surface area contributed by atoms with E-state index in [9.17, 15) is 14.3 Å². The number of carboxylic acids is 1. The highest BCUT2D eigenvalue weighted by Crippen LogP contribution is 2.36. The van der Waals surface area contributed by atoms with Crippen LogP contribution in [0.3, 0.4) is 0 Å². The minimum atomic E-state index is -0.835. The fraction of sp³-hybridized carbons (Fsp3) is 0.350. The van der Waals surface area contributed by atoms with Crippen molar-refractivity contribution in [3.8, 4) is 0 Å². The molecule has 3 rings (SSSR count). The fourth-order valence-electron chi connectivity index (χ4n) is 3.78. The minimum Gasteiger partial charge on any atom is -0.480 e. The van der Waals surface area contributed by atoms with E-state index < -0.39 is 12.0 Å². The second-order valence-corrected chi connectivity index (χ2v) is 6.58. The molecule has 2 unspecified atom stereocenters. The molecule has 1 heterocycles.